The number of aromatic nitrogens is 2. The van der Waals surface area contributed by atoms with Gasteiger partial charge in [0.2, 0.25) is 0 Å². The minimum Gasteiger partial charge on any atom is -0.377 e. The van der Waals surface area contributed by atoms with Crippen LogP contribution < -0.4 is 5.73 Å². The zero-order valence-electron chi connectivity index (χ0n) is 12.4. The molecule has 0 aliphatic rings. The van der Waals surface area contributed by atoms with Crippen LogP contribution in [0.5, 0.6) is 0 Å². The van der Waals surface area contributed by atoms with Crippen molar-refractivity contribution >= 4 is 0 Å². The molecule has 0 aliphatic heterocycles. The Bertz CT molecular complexity index is 361. The first-order valence-corrected chi connectivity index (χ1v) is 6.87. The molecule has 1 aromatic heterocycles. The molecule has 18 heavy (non-hydrogen) atoms. The van der Waals surface area contributed by atoms with Crippen LogP contribution in [0.4, 0.5) is 0 Å². The Balaban J connectivity index is 2.88. The molecule has 0 saturated heterocycles. The van der Waals surface area contributed by atoms with E-state index < -0.39 is 0 Å². The minimum atomic E-state index is -0.225. The molecule has 1 aromatic rings. The van der Waals surface area contributed by atoms with Crippen LogP contribution in [0, 0.1) is 6.92 Å². The summed E-state index contributed by atoms with van der Waals surface area (Å²) >= 11 is 0. The average Bonchev–Trinajstić information content (AvgIpc) is 2.72. The molecule has 1 rings (SSSR count). The van der Waals surface area contributed by atoms with Crippen LogP contribution in [0.3, 0.4) is 0 Å². The molecule has 0 saturated carbocycles. The van der Waals surface area contributed by atoms with E-state index in [0.29, 0.717) is 0 Å². The number of ether oxygens (including phenoxy) is 1. The molecule has 4 nitrogen and oxygen atoms in total. The molecule has 0 radical (unpaired) electrons. The van der Waals surface area contributed by atoms with Crippen molar-refractivity contribution in [3.63, 3.8) is 0 Å². The predicted molar refractivity (Wildman–Crippen MR) is 74.6 cm³/mol. The van der Waals surface area contributed by atoms with E-state index in [2.05, 4.69) is 31.9 Å². The summed E-state index contributed by atoms with van der Waals surface area (Å²) in [6.45, 7) is 9.27. The Morgan fingerprint density at radius 3 is 2.44 bits per heavy atom. The van der Waals surface area contributed by atoms with Crippen molar-refractivity contribution in [1.29, 1.82) is 0 Å². The lowest BCUT2D eigenvalue weighted by molar-refractivity contribution is -0.0378. The topological polar surface area (TPSA) is 53.1 Å². The van der Waals surface area contributed by atoms with Crippen LogP contribution in [0.25, 0.3) is 0 Å². The molecule has 1 unspecified atom stereocenters. The van der Waals surface area contributed by atoms with Crippen LogP contribution in [0.1, 0.15) is 45.0 Å². The Morgan fingerprint density at radius 2 is 2.00 bits per heavy atom. The number of aryl methyl sites for hydroxylation is 2. The van der Waals surface area contributed by atoms with E-state index >= 15 is 0 Å². The van der Waals surface area contributed by atoms with Gasteiger partial charge in [0.25, 0.3) is 0 Å². The highest BCUT2D eigenvalue weighted by atomic mass is 16.5. The third kappa shape index (κ3) is 2.93. The van der Waals surface area contributed by atoms with Gasteiger partial charge in [0.05, 0.1) is 11.3 Å². The van der Waals surface area contributed by atoms with Crippen LogP contribution in [-0.4, -0.2) is 28.5 Å². The van der Waals surface area contributed by atoms with Gasteiger partial charge in [-0.15, -0.1) is 0 Å². The lowest BCUT2D eigenvalue weighted by Gasteiger charge is -2.36. The molecular formula is C14H27N3O. The van der Waals surface area contributed by atoms with Gasteiger partial charge < -0.3 is 10.5 Å². The van der Waals surface area contributed by atoms with Gasteiger partial charge in [-0.2, -0.15) is 5.10 Å². The highest BCUT2D eigenvalue weighted by Gasteiger charge is 2.33. The third-order valence-electron chi connectivity index (χ3n) is 3.99. The first kappa shape index (κ1) is 15.2. The Labute approximate surface area is 111 Å². The minimum absolute atomic E-state index is 0.00102. The number of nitrogens with two attached hydrogens (primary N) is 1. The molecule has 0 aliphatic carbocycles. The monoisotopic (exact) mass is 253 g/mol. The summed E-state index contributed by atoms with van der Waals surface area (Å²) in [5.41, 5.74) is 8.41. The maximum Gasteiger partial charge on any atom is 0.0827 e. The fraction of sp³-hybridized carbons (Fsp3) is 0.786. The molecule has 0 spiro atoms. The van der Waals surface area contributed by atoms with Crippen LogP contribution in [0.2, 0.25) is 0 Å². The summed E-state index contributed by atoms with van der Waals surface area (Å²) in [5.74, 6) is 0. The van der Waals surface area contributed by atoms with Crippen molar-refractivity contribution in [3.05, 3.63) is 17.5 Å². The molecule has 0 bridgehead atoms. The van der Waals surface area contributed by atoms with Crippen molar-refractivity contribution < 1.29 is 4.74 Å². The van der Waals surface area contributed by atoms with E-state index in [1.807, 2.05) is 11.6 Å². The summed E-state index contributed by atoms with van der Waals surface area (Å²) in [5, 5.41) is 4.46. The second-order valence-electron chi connectivity index (χ2n) is 4.88. The highest BCUT2D eigenvalue weighted by Crippen LogP contribution is 2.25. The lowest BCUT2D eigenvalue weighted by Crippen LogP contribution is -2.50. The number of hydrogen-bond acceptors (Lipinski definition) is 3. The molecule has 4 heteroatoms. The Hall–Kier alpha value is -0.870. The number of nitrogens with zero attached hydrogens (tertiary/aromatic N) is 2. The van der Waals surface area contributed by atoms with Crippen LogP contribution in [0.15, 0.2) is 6.07 Å². The smallest absolute Gasteiger partial charge is 0.0827 e. The van der Waals surface area contributed by atoms with Gasteiger partial charge in [0.15, 0.2) is 0 Å². The molecule has 1 atom stereocenters. The molecule has 2 N–H and O–H groups in total. The summed E-state index contributed by atoms with van der Waals surface area (Å²) < 4.78 is 7.72. The van der Waals surface area contributed by atoms with Gasteiger partial charge in [-0.05, 0) is 32.8 Å². The zero-order valence-corrected chi connectivity index (χ0v) is 12.4. The van der Waals surface area contributed by atoms with Gasteiger partial charge in [0, 0.05) is 31.8 Å². The standard InChI is InChI=1S/C14H27N3O/c1-6-14(7-2,18-5)13(15)10-12-9-11(4)16-17(12)8-3/h9,13H,6-8,10,15H2,1-5H3. The van der Waals surface area contributed by atoms with Crippen molar-refractivity contribution in [3.8, 4) is 0 Å². The largest absolute Gasteiger partial charge is 0.377 e. The van der Waals surface area contributed by atoms with Crippen molar-refractivity contribution in [2.24, 2.45) is 5.73 Å². The fourth-order valence-electron chi connectivity index (χ4n) is 2.66. The second kappa shape index (κ2) is 6.34. The normalized spacial score (nSPS) is 13.9. The van der Waals surface area contributed by atoms with E-state index in [4.69, 9.17) is 10.5 Å². The average molecular weight is 253 g/mol. The molecule has 0 amide bonds. The Morgan fingerprint density at radius 1 is 1.39 bits per heavy atom. The van der Waals surface area contributed by atoms with Crippen molar-refractivity contribution in [2.45, 2.75) is 65.1 Å². The molecule has 104 valence electrons. The maximum absolute atomic E-state index is 6.38. The van der Waals surface area contributed by atoms with E-state index in [-0.39, 0.29) is 11.6 Å². The van der Waals surface area contributed by atoms with Gasteiger partial charge in [-0.3, -0.25) is 4.68 Å². The predicted octanol–water partition coefficient (Wildman–Crippen LogP) is 2.29. The maximum atomic E-state index is 6.38. The van der Waals surface area contributed by atoms with E-state index in [1.165, 1.54) is 5.69 Å². The molecular weight excluding hydrogens is 226 g/mol. The highest BCUT2D eigenvalue weighted by molar-refractivity contribution is 5.12. The van der Waals surface area contributed by atoms with Crippen molar-refractivity contribution in [1.82, 2.24) is 9.78 Å². The zero-order chi connectivity index (χ0) is 13.8. The van der Waals surface area contributed by atoms with Crippen LogP contribution >= 0.6 is 0 Å². The Kier molecular flexibility index (Phi) is 5.35. The van der Waals surface area contributed by atoms with Gasteiger partial charge in [-0.1, -0.05) is 13.8 Å². The number of hydrogen-bond donors (Lipinski definition) is 1. The van der Waals surface area contributed by atoms with Gasteiger partial charge >= 0.3 is 0 Å². The van der Waals surface area contributed by atoms with Crippen LogP contribution in [-0.2, 0) is 17.7 Å². The molecule has 0 fully saturated rings. The second-order valence-corrected chi connectivity index (χ2v) is 4.88. The van der Waals surface area contributed by atoms with Crippen molar-refractivity contribution in [2.75, 3.05) is 7.11 Å². The van der Waals surface area contributed by atoms with E-state index in [1.54, 1.807) is 7.11 Å². The summed E-state index contributed by atoms with van der Waals surface area (Å²) in [4.78, 5) is 0. The number of methoxy groups -OCH3 is 1. The van der Waals surface area contributed by atoms with Gasteiger partial charge in [0.1, 0.15) is 0 Å². The quantitative estimate of drug-likeness (QED) is 0.811. The summed E-state index contributed by atoms with van der Waals surface area (Å²) in [6, 6.07) is 2.12. The summed E-state index contributed by atoms with van der Waals surface area (Å²) in [6.07, 6.45) is 2.67. The first-order valence-electron chi connectivity index (χ1n) is 6.87. The number of rotatable bonds is 7. The SMILES string of the molecule is CCn1nc(C)cc1CC(N)C(CC)(CC)OC. The van der Waals surface area contributed by atoms with E-state index in [9.17, 15) is 0 Å². The molecule has 0 aromatic carbocycles. The first-order chi connectivity index (χ1) is 8.52. The fourth-order valence-corrected chi connectivity index (χ4v) is 2.66. The lowest BCUT2D eigenvalue weighted by atomic mass is 9.86. The summed E-state index contributed by atoms with van der Waals surface area (Å²) in [7, 11) is 1.76. The van der Waals surface area contributed by atoms with Gasteiger partial charge in [-0.25, -0.2) is 0 Å². The molecule has 1 heterocycles. The third-order valence-corrected chi connectivity index (χ3v) is 3.99. The van der Waals surface area contributed by atoms with E-state index in [0.717, 1.165) is 31.5 Å².